The van der Waals surface area contributed by atoms with Gasteiger partial charge in [-0.25, -0.2) is 0 Å². The van der Waals surface area contributed by atoms with E-state index in [0.29, 0.717) is 0 Å². The monoisotopic (exact) mass is 239 g/mol. The maximum atomic E-state index is 12.2. The molecule has 1 unspecified atom stereocenters. The highest BCUT2D eigenvalue weighted by molar-refractivity contribution is 6.36. The lowest BCUT2D eigenvalue weighted by Gasteiger charge is -2.29. The summed E-state index contributed by atoms with van der Waals surface area (Å²) in [7, 11) is 0. The minimum atomic E-state index is -0.250. The van der Waals surface area contributed by atoms with Gasteiger partial charge in [0.05, 0.1) is 0 Å². The quantitative estimate of drug-likeness (QED) is 0.707. The van der Waals surface area contributed by atoms with Gasteiger partial charge in [-0.05, 0) is 19.3 Å². The van der Waals surface area contributed by atoms with Crippen molar-refractivity contribution in [1.82, 2.24) is 4.90 Å². The molecule has 98 valence electrons. The van der Waals surface area contributed by atoms with E-state index < -0.39 is 0 Å². The first-order valence-electron chi connectivity index (χ1n) is 6.92. The van der Waals surface area contributed by atoms with Crippen molar-refractivity contribution in [3.63, 3.8) is 0 Å². The van der Waals surface area contributed by atoms with Crippen LogP contribution in [0.1, 0.15) is 59.3 Å². The number of carbonyl (C=O) groups is 2. The molecule has 1 amide bonds. The summed E-state index contributed by atoms with van der Waals surface area (Å²) in [6, 6.07) is 0.290. The van der Waals surface area contributed by atoms with Crippen molar-refractivity contribution < 1.29 is 9.59 Å². The molecule has 0 aromatic carbocycles. The molecule has 1 heterocycles. The van der Waals surface area contributed by atoms with E-state index in [-0.39, 0.29) is 23.7 Å². The highest BCUT2D eigenvalue weighted by atomic mass is 16.2. The molecule has 0 N–H and O–H groups in total. The Balaban J connectivity index is 2.74. The fourth-order valence-electron chi connectivity index (χ4n) is 2.47. The summed E-state index contributed by atoms with van der Waals surface area (Å²) in [6.45, 7) is 6.50. The predicted octanol–water partition coefficient (Wildman–Crippen LogP) is 2.78. The van der Waals surface area contributed by atoms with Crippen LogP contribution >= 0.6 is 0 Å². The van der Waals surface area contributed by atoms with Crippen molar-refractivity contribution in [3.05, 3.63) is 0 Å². The first kappa shape index (κ1) is 14.2. The maximum Gasteiger partial charge on any atom is 0.290 e. The summed E-state index contributed by atoms with van der Waals surface area (Å²) in [5.74, 6) is -0.665. The third kappa shape index (κ3) is 3.83. The van der Waals surface area contributed by atoms with Crippen molar-refractivity contribution >= 4 is 11.7 Å². The van der Waals surface area contributed by atoms with Crippen molar-refractivity contribution in [1.29, 1.82) is 0 Å². The predicted molar refractivity (Wildman–Crippen MR) is 68.7 cm³/mol. The summed E-state index contributed by atoms with van der Waals surface area (Å²) in [5.41, 5.74) is 0. The van der Waals surface area contributed by atoms with Crippen LogP contribution in [-0.4, -0.2) is 29.2 Å². The second-order valence-electron chi connectivity index (χ2n) is 5.31. The molecule has 1 fully saturated rings. The number of hydrogen-bond acceptors (Lipinski definition) is 2. The van der Waals surface area contributed by atoms with Gasteiger partial charge in [0, 0.05) is 18.5 Å². The van der Waals surface area contributed by atoms with Crippen molar-refractivity contribution in [2.24, 2.45) is 5.92 Å². The van der Waals surface area contributed by atoms with E-state index in [2.05, 4.69) is 6.92 Å². The lowest BCUT2D eigenvalue weighted by molar-refractivity contribution is -0.147. The van der Waals surface area contributed by atoms with Gasteiger partial charge in [-0.3, -0.25) is 9.59 Å². The molecule has 1 atom stereocenters. The average Bonchev–Trinajstić information content (AvgIpc) is 2.53. The SMILES string of the molecule is CCCC1CCCCCN1C(=O)C(=O)C(C)C. The number of likely N-dealkylation sites (tertiary alicyclic amines) is 1. The first-order valence-corrected chi connectivity index (χ1v) is 6.92. The molecule has 0 spiro atoms. The summed E-state index contributed by atoms with van der Waals surface area (Å²) in [6.07, 6.45) is 6.56. The zero-order valence-corrected chi connectivity index (χ0v) is 11.4. The highest BCUT2D eigenvalue weighted by Crippen LogP contribution is 2.21. The third-order valence-corrected chi connectivity index (χ3v) is 3.50. The van der Waals surface area contributed by atoms with Crippen molar-refractivity contribution in [2.75, 3.05) is 6.54 Å². The first-order chi connectivity index (χ1) is 8.07. The number of hydrogen-bond donors (Lipinski definition) is 0. The zero-order valence-electron chi connectivity index (χ0n) is 11.4. The Morgan fingerprint density at radius 3 is 2.53 bits per heavy atom. The van der Waals surface area contributed by atoms with Crippen LogP contribution in [0.5, 0.6) is 0 Å². The fourth-order valence-corrected chi connectivity index (χ4v) is 2.47. The van der Waals surface area contributed by atoms with Crippen LogP contribution in [0, 0.1) is 5.92 Å². The Morgan fingerprint density at radius 1 is 1.24 bits per heavy atom. The van der Waals surface area contributed by atoms with Gasteiger partial charge in [-0.2, -0.15) is 0 Å². The van der Waals surface area contributed by atoms with Crippen molar-refractivity contribution in [3.8, 4) is 0 Å². The minimum absolute atomic E-state index is 0.187. The molecule has 1 aliphatic heterocycles. The minimum Gasteiger partial charge on any atom is -0.333 e. The summed E-state index contributed by atoms with van der Waals surface area (Å²) in [5, 5.41) is 0. The largest absolute Gasteiger partial charge is 0.333 e. The van der Waals surface area contributed by atoms with Gasteiger partial charge in [-0.1, -0.05) is 40.0 Å². The Morgan fingerprint density at radius 2 is 1.94 bits per heavy atom. The summed E-state index contributed by atoms with van der Waals surface area (Å²) in [4.78, 5) is 25.8. The summed E-state index contributed by atoms with van der Waals surface area (Å²) < 4.78 is 0. The van der Waals surface area contributed by atoms with Gasteiger partial charge >= 0.3 is 0 Å². The normalized spacial score (nSPS) is 21.4. The van der Waals surface area contributed by atoms with Crippen LogP contribution in [0.4, 0.5) is 0 Å². The fraction of sp³-hybridized carbons (Fsp3) is 0.857. The van der Waals surface area contributed by atoms with E-state index in [1.807, 2.05) is 4.90 Å². The van der Waals surface area contributed by atoms with Gasteiger partial charge in [0.2, 0.25) is 5.78 Å². The maximum absolute atomic E-state index is 12.2. The molecule has 0 aromatic rings. The zero-order chi connectivity index (χ0) is 12.8. The molecule has 1 saturated heterocycles. The molecule has 1 aliphatic rings. The highest BCUT2D eigenvalue weighted by Gasteiger charge is 2.30. The van der Waals surface area contributed by atoms with Gasteiger partial charge in [0.1, 0.15) is 0 Å². The number of ketones is 1. The molecule has 0 radical (unpaired) electrons. The van der Waals surface area contributed by atoms with Gasteiger partial charge in [0.15, 0.2) is 0 Å². The molecule has 3 nitrogen and oxygen atoms in total. The van der Waals surface area contributed by atoms with E-state index in [1.54, 1.807) is 13.8 Å². The van der Waals surface area contributed by atoms with E-state index in [1.165, 1.54) is 12.8 Å². The molecule has 0 saturated carbocycles. The van der Waals surface area contributed by atoms with E-state index in [9.17, 15) is 9.59 Å². The van der Waals surface area contributed by atoms with Gasteiger partial charge in [0.25, 0.3) is 5.91 Å². The lowest BCUT2D eigenvalue weighted by atomic mass is 10.0. The molecule has 0 aromatic heterocycles. The van der Waals surface area contributed by atoms with Crippen molar-refractivity contribution in [2.45, 2.75) is 65.3 Å². The number of carbonyl (C=O) groups excluding carboxylic acids is 2. The van der Waals surface area contributed by atoms with Crippen LogP contribution in [0.3, 0.4) is 0 Å². The van der Waals surface area contributed by atoms with Gasteiger partial charge < -0.3 is 4.90 Å². The number of nitrogens with zero attached hydrogens (tertiary/aromatic N) is 1. The van der Waals surface area contributed by atoms with Gasteiger partial charge in [-0.15, -0.1) is 0 Å². The molecular weight excluding hydrogens is 214 g/mol. The van der Waals surface area contributed by atoms with E-state index in [4.69, 9.17) is 0 Å². The standard InChI is InChI=1S/C14H25NO2/c1-4-8-12-9-6-5-7-10-15(12)14(17)13(16)11(2)3/h11-12H,4-10H2,1-3H3. The number of Topliss-reactive ketones (excluding diaryl/α,β-unsaturated/α-hetero) is 1. The Bertz CT molecular complexity index is 273. The van der Waals surface area contributed by atoms with Crippen LogP contribution < -0.4 is 0 Å². The topological polar surface area (TPSA) is 37.4 Å². The van der Waals surface area contributed by atoms with E-state index >= 15 is 0 Å². The Kier molecular flexibility index (Phi) is 5.66. The number of amides is 1. The number of rotatable bonds is 4. The molecule has 0 aliphatic carbocycles. The van der Waals surface area contributed by atoms with Crippen LogP contribution in [0.2, 0.25) is 0 Å². The molecule has 1 rings (SSSR count). The second kappa shape index (κ2) is 6.77. The van der Waals surface area contributed by atoms with Crippen LogP contribution in [-0.2, 0) is 9.59 Å². The molecular formula is C14H25NO2. The molecule has 3 heteroatoms. The van der Waals surface area contributed by atoms with Crippen LogP contribution in [0.15, 0.2) is 0 Å². The molecule has 0 bridgehead atoms. The lowest BCUT2D eigenvalue weighted by Crippen LogP contribution is -2.44. The van der Waals surface area contributed by atoms with E-state index in [0.717, 1.165) is 32.2 Å². The Hall–Kier alpha value is -0.860. The summed E-state index contributed by atoms with van der Waals surface area (Å²) >= 11 is 0. The average molecular weight is 239 g/mol. The smallest absolute Gasteiger partial charge is 0.290 e. The second-order valence-corrected chi connectivity index (χ2v) is 5.31. The molecule has 17 heavy (non-hydrogen) atoms. The Labute approximate surface area is 105 Å². The third-order valence-electron chi connectivity index (χ3n) is 3.50. The van der Waals surface area contributed by atoms with Crippen LogP contribution in [0.25, 0.3) is 0 Å².